The fraction of sp³-hybridized carbons (Fsp3) is 1.00. The number of aliphatic hydroxyl groups is 1. The van der Waals surface area contributed by atoms with Crippen LogP contribution in [0.25, 0.3) is 0 Å². The Morgan fingerprint density at radius 3 is 2.82 bits per heavy atom. The lowest BCUT2D eigenvalue weighted by molar-refractivity contribution is -0.186. The first-order valence-electron chi connectivity index (χ1n) is 7.26. The smallest absolute Gasteiger partial charge is 0.157 e. The first-order chi connectivity index (χ1) is 8.38. The first kappa shape index (κ1) is 13.3. The van der Waals surface area contributed by atoms with E-state index in [0.717, 1.165) is 31.8 Å². The summed E-state index contributed by atoms with van der Waals surface area (Å²) in [5.74, 6) is 0.815. The topological polar surface area (TPSA) is 38.7 Å². The molecule has 1 N–H and O–H groups in total. The fourth-order valence-electron chi connectivity index (χ4n) is 2.99. The van der Waals surface area contributed by atoms with Gasteiger partial charge in [0.15, 0.2) is 6.29 Å². The van der Waals surface area contributed by atoms with Crippen LogP contribution in [0.5, 0.6) is 0 Å². The molecule has 3 atom stereocenters. The Balaban J connectivity index is 1.60. The third-order valence-corrected chi connectivity index (χ3v) is 4.00. The van der Waals surface area contributed by atoms with Crippen LogP contribution >= 0.6 is 0 Å². The van der Waals surface area contributed by atoms with Crippen LogP contribution < -0.4 is 0 Å². The van der Waals surface area contributed by atoms with E-state index in [1.807, 2.05) is 0 Å². The normalized spacial score (nSPS) is 34.1. The van der Waals surface area contributed by atoms with Crippen molar-refractivity contribution in [1.82, 2.24) is 0 Å². The van der Waals surface area contributed by atoms with Crippen LogP contribution in [0.1, 0.15) is 57.8 Å². The van der Waals surface area contributed by atoms with Gasteiger partial charge in [0, 0.05) is 13.2 Å². The zero-order valence-corrected chi connectivity index (χ0v) is 10.8. The minimum absolute atomic E-state index is 0.0740. The monoisotopic (exact) mass is 242 g/mol. The highest BCUT2D eigenvalue weighted by Gasteiger charge is 2.28. The van der Waals surface area contributed by atoms with E-state index in [2.05, 4.69) is 0 Å². The summed E-state index contributed by atoms with van der Waals surface area (Å²) in [6, 6.07) is 0. The van der Waals surface area contributed by atoms with Crippen molar-refractivity contribution in [1.29, 1.82) is 0 Å². The Labute approximate surface area is 104 Å². The van der Waals surface area contributed by atoms with Crippen molar-refractivity contribution in [3.05, 3.63) is 0 Å². The Morgan fingerprint density at radius 1 is 1.12 bits per heavy atom. The zero-order valence-electron chi connectivity index (χ0n) is 10.8. The van der Waals surface area contributed by atoms with E-state index >= 15 is 0 Å². The van der Waals surface area contributed by atoms with Crippen LogP contribution in [0.4, 0.5) is 0 Å². The molecule has 1 saturated heterocycles. The minimum atomic E-state index is 0.0740. The molecular formula is C14H26O3. The average molecular weight is 242 g/mol. The lowest BCUT2D eigenvalue weighted by atomic mass is 10.0. The third kappa shape index (κ3) is 4.57. The summed E-state index contributed by atoms with van der Waals surface area (Å²) in [4.78, 5) is 0. The highest BCUT2D eigenvalue weighted by Crippen LogP contribution is 2.33. The molecular weight excluding hydrogens is 216 g/mol. The molecule has 17 heavy (non-hydrogen) atoms. The van der Waals surface area contributed by atoms with E-state index in [1.165, 1.54) is 38.5 Å². The standard InChI is InChI=1S/C14H26O3/c15-9-3-1-5-12-7-8-13(11-12)17-14-6-2-4-10-16-14/h12-15H,1-11H2. The maximum absolute atomic E-state index is 8.77. The molecule has 0 aromatic carbocycles. The Bertz CT molecular complexity index is 202. The van der Waals surface area contributed by atoms with Gasteiger partial charge in [-0.15, -0.1) is 0 Å². The van der Waals surface area contributed by atoms with Crippen molar-refractivity contribution in [2.75, 3.05) is 13.2 Å². The van der Waals surface area contributed by atoms with Crippen LogP contribution in [0, 0.1) is 5.92 Å². The maximum Gasteiger partial charge on any atom is 0.157 e. The SMILES string of the molecule is OCCCCC1CCC(OC2CCCCO2)C1. The van der Waals surface area contributed by atoms with Crippen LogP contribution in [0.2, 0.25) is 0 Å². The van der Waals surface area contributed by atoms with E-state index in [1.54, 1.807) is 0 Å². The molecule has 0 bridgehead atoms. The van der Waals surface area contributed by atoms with Crippen molar-refractivity contribution >= 4 is 0 Å². The lowest BCUT2D eigenvalue weighted by Crippen LogP contribution is -2.26. The largest absolute Gasteiger partial charge is 0.396 e. The van der Waals surface area contributed by atoms with Gasteiger partial charge in [0.25, 0.3) is 0 Å². The summed E-state index contributed by atoms with van der Waals surface area (Å²) < 4.78 is 11.6. The highest BCUT2D eigenvalue weighted by atomic mass is 16.7. The van der Waals surface area contributed by atoms with Gasteiger partial charge in [0.05, 0.1) is 6.10 Å². The van der Waals surface area contributed by atoms with Crippen LogP contribution in [-0.2, 0) is 9.47 Å². The molecule has 1 aliphatic carbocycles. The highest BCUT2D eigenvalue weighted by molar-refractivity contribution is 4.76. The molecule has 1 heterocycles. The number of ether oxygens (including phenoxy) is 2. The van der Waals surface area contributed by atoms with Crippen LogP contribution in [0.15, 0.2) is 0 Å². The van der Waals surface area contributed by atoms with Gasteiger partial charge in [0.1, 0.15) is 0 Å². The number of aliphatic hydroxyl groups excluding tert-OH is 1. The second kappa shape index (κ2) is 7.34. The lowest BCUT2D eigenvalue weighted by Gasteiger charge is -2.26. The quantitative estimate of drug-likeness (QED) is 0.728. The van der Waals surface area contributed by atoms with Gasteiger partial charge >= 0.3 is 0 Å². The molecule has 2 rings (SSSR count). The first-order valence-corrected chi connectivity index (χ1v) is 7.26. The number of rotatable bonds is 6. The molecule has 0 radical (unpaired) electrons. The summed E-state index contributed by atoms with van der Waals surface area (Å²) in [5, 5.41) is 8.77. The Kier molecular flexibility index (Phi) is 5.75. The summed E-state index contributed by atoms with van der Waals surface area (Å²) in [7, 11) is 0. The molecule has 1 aliphatic heterocycles. The van der Waals surface area contributed by atoms with Gasteiger partial charge in [-0.1, -0.05) is 12.8 Å². The fourth-order valence-corrected chi connectivity index (χ4v) is 2.99. The van der Waals surface area contributed by atoms with E-state index in [9.17, 15) is 0 Å². The molecule has 0 aromatic heterocycles. The van der Waals surface area contributed by atoms with E-state index in [4.69, 9.17) is 14.6 Å². The van der Waals surface area contributed by atoms with Gasteiger partial charge in [-0.05, 0) is 50.9 Å². The van der Waals surface area contributed by atoms with Crippen LogP contribution in [-0.4, -0.2) is 30.7 Å². The molecule has 3 heteroatoms. The molecule has 1 saturated carbocycles. The van der Waals surface area contributed by atoms with Gasteiger partial charge in [-0.2, -0.15) is 0 Å². The summed E-state index contributed by atoms with van der Waals surface area (Å²) in [6.07, 6.45) is 11.1. The number of unbranched alkanes of at least 4 members (excludes halogenated alkanes) is 1. The summed E-state index contributed by atoms with van der Waals surface area (Å²) >= 11 is 0. The predicted molar refractivity (Wildman–Crippen MR) is 66.7 cm³/mol. The number of hydrogen-bond acceptors (Lipinski definition) is 3. The average Bonchev–Trinajstić information content (AvgIpc) is 2.79. The zero-order chi connectivity index (χ0) is 11.9. The van der Waals surface area contributed by atoms with E-state index < -0.39 is 0 Å². The number of hydrogen-bond donors (Lipinski definition) is 1. The van der Waals surface area contributed by atoms with Gasteiger partial charge in [-0.25, -0.2) is 0 Å². The van der Waals surface area contributed by atoms with Crippen molar-refractivity contribution in [2.24, 2.45) is 5.92 Å². The molecule has 0 spiro atoms. The molecule has 3 unspecified atom stereocenters. The van der Waals surface area contributed by atoms with Crippen molar-refractivity contribution in [3.8, 4) is 0 Å². The van der Waals surface area contributed by atoms with E-state index in [0.29, 0.717) is 12.7 Å². The minimum Gasteiger partial charge on any atom is -0.396 e. The van der Waals surface area contributed by atoms with Crippen molar-refractivity contribution in [2.45, 2.75) is 70.2 Å². The van der Waals surface area contributed by atoms with E-state index in [-0.39, 0.29) is 6.29 Å². The van der Waals surface area contributed by atoms with Crippen LogP contribution in [0.3, 0.4) is 0 Å². The molecule has 2 fully saturated rings. The van der Waals surface area contributed by atoms with Crippen molar-refractivity contribution in [3.63, 3.8) is 0 Å². The molecule has 0 aromatic rings. The van der Waals surface area contributed by atoms with Gasteiger partial charge in [0.2, 0.25) is 0 Å². The molecule has 0 amide bonds. The molecule has 2 aliphatic rings. The molecule has 3 nitrogen and oxygen atoms in total. The summed E-state index contributed by atoms with van der Waals surface area (Å²) in [6.45, 7) is 1.21. The second-order valence-electron chi connectivity index (χ2n) is 5.45. The maximum atomic E-state index is 8.77. The van der Waals surface area contributed by atoms with Gasteiger partial charge < -0.3 is 14.6 Å². The molecule has 100 valence electrons. The second-order valence-corrected chi connectivity index (χ2v) is 5.45. The Morgan fingerprint density at radius 2 is 2.06 bits per heavy atom. The van der Waals surface area contributed by atoms with Gasteiger partial charge in [-0.3, -0.25) is 0 Å². The summed E-state index contributed by atoms with van der Waals surface area (Å²) in [5.41, 5.74) is 0. The predicted octanol–water partition coefficient (Wildman–Crippen LogP) is 2.86. The third-order valence-electron chi connectivity index (χ3n) is 4.00. The van der Waals surface area contributed by atoms with Crippen molar-refractivity contribution < 1.29 is 14.6 Å². The Hall–Kier alpha value is -0.120.